The van der Waals surface area contributed by atoms with Crippen LogP contribution in [0.5, 0.6) is 0 Å². The van der Waals surface area contributed by atoms with E-state index in [-0.39, 0.29) is 0 Å². The first-order chi connectivity index (χ1) is 8.33. The van der Waals surface area contributed by atoms with Gasteiger partial charge >= 0.3 is 0 Å². The number of rotatable bonds is 10. The first-order valence-corrected chi connectivity index (χ1v) is 7.62. The molecule has 0 saturated carbocycles. The highest BCUT2D eigenvalue weighted by Gasteiger charge is 1.97. The lowest BCUT2D eigenvalue weighted by molar-refractivity contribution is 0.323. The third kappa shape index (κ3) is 7.53. The molecule has 0 atom stereocenters. The van der Waals surface area contributed by atoms with Crippen LogP contribution in [0.15, 0.2) is 17.5 Å². The van der Waals surface area contributed by atoms with Gasteiger partial charge in [0.05, 0.1) is 0 Å². The van der Waals surface area contributed by atoms with Gasteiger partial charge < -0.3 is 10.2 Å². The van der Waals surface area contributed by atoms with Gasteiger partial charge in [0.15, 0.2) is 0 Å². The maximum absolute atomic E-state index is 3.51. The van der Waals surface area contributed by atoms with Crippen molar-refractivity contribution in [2.24, 2.45) is 0 Å². The number of nitrogens with one attached hydrogen (secondary N) is 1. The van der Waals surface area contributed by atoms with Gasteiger partial charge in [0.2, 0.25) is 0 Å². The van der Waals surface area contributed by atoms with Gasteiger partial charge in [-0.1, -0.05) is 25.8 Å². The summed E-state index contributed by atoms with van der Waals surface area (Å²) in [7, 11) is 2.22. The fraction of sp³-hybridized carbons (Fsp3) is 0.714. The topological polar surface area (TPSA) is 15.3 Å². The molecule has 1 aromatic heterocycles. The van der Waals surface area contributed by atoms with E-state index in [9.17, 15) is 0 Å². The third-order valence-electron chi connectivity index (χ3n) is 2.94. The zero-order valence-corrected chi connectivity index (χ0v) is 12.1. The third-order valence-corrected chi connectivity index (χ3v) is 3.88. The predicted molar refractivity (Wildman–Crippen MR) is 77.9 cm³/mol. The van der Waals surface area contributed by atoms with E-state index in [0.717, 1.165) is 26.1 Å². The van der Waals surface area contributed by atoms with Gasteiger partial charge in [0.1, 0.15) is 0 Å². The molecular formula is C14H26N2S. The number of nitrogens with zero attached hydrogens (tertiary/aromatic N) is 1. The highest BCUT2D eigenvalue weighted by molar-refractivity contribution is 7.09. The Kier molecular flexibility index (Phi) is 8.32. The lowest BCUT2D eigenvalue weighted by Gasteiger charge is -2.16. The van der Waals surface area contributed by atoms with Gasteiger partial charge in [-0.15, -0.1) is 11.3 Å². The average Bonchev–Trinajstić information content (AvgIpc) is 2.82. The van der Waals surface area contributed by atoms with Crippen LogP contribution in [0.1, 0.15) is 31.1 Å². The molecule has 0 bridgehead atoms. The second-order valence-electron chi connectivity index (χ2n) is 4.59. The molecule has 0 spiro atoms. The highest BCUT2D eigenvalue weighted by atomic mass is 32.1. The molecule has 0 aromatic carbocycles. The van der Waals surface area contributed by atoms with E-state index in [1.54, 1.807) is 0 Å². The maximum Gasteiger partial charge on any atom is 0.0104 e. The molecule has 0 aliphatic carbocycles. The van der Waals surface area contributed by atoms with Crippen molar-refractivity contribution < 1.29 is 0 Å². The van der Waals surface area contributed by atoms with Gasteiger partial charge in [0.25, 0.3) is 0 Å². The van der Waals surface area contributed by atoms with Crippen molar-refractivity contribution in [3.05, 3.63) is 22.4 Å². The average molecular weight is 254 g/mol. The number of thiophene rings is 1. The molecule has 0 amide bonds. The Bertz CT molecular complexity index is 259. The zero-order chi connectivity index (χ0) is 12.3. The van der Waals surface area contributed by atoms with Crippen molar-refractivity contribution in [3.8, 4) is 0 Å². The summed E-state index contributed by atoms with van der Waals surface area (Å²) >= 11 is 1.85. The smallest absolute Gasteiger partial charge is 0.0104 e. The molecule has 1 N–H and O–H groups in total. The van der Waals surface area contributed by atoms with Crippen molar-refractivity contribution in [1.82, 2.24) is 10.2 Å². The number of unbranched alkanes of at least 4 members (excludes halogenated alkanes) is 2. The van der Waals surface area contributed by atoms with E-state index in [1.165, 1.54) is 30.7 Å². The van der Waals surface area contributed by atoms with E-state index >= 15 is 0 Å². The minimum Gasteiger partial charge on any atom is -0.315 e. The normalized spacial score (nSPS) is 11.2. The highest BCUT2D eigenvalue weighted by Crippen LogP contribution is 2.07. The molecule has 2 nitrogen and oxygen atoms in total. The van der Waals surface area contributed by atoms with E-state index < -0.39 is 0 Å². The number of likely N-dealkylation sites (N-methyl/N-ethyl adjacent to an activating group) is 1. The van der Waals surface area contributed by atoms with Crippen LogP contribution in [0.4, 0.5) is 0 Å². The summed E-state index contributed by atoms with van der Waals surface area (Å²) in [4.78, 5) is 3.90. The lowest BCUT2D eigenvalue weighted by Crippen LogP contribution is -2.30. The first-order valence-electron chi connectivity index (χ1n) is 6.74. The first kappa shape index (κ1) is 14.7. The Morgan fingerprint density at radius 1 is 1.24 bits per heavy atom. The van der Waals surface area contributed by atoms with Crippen LogP contribution in [0.2, 0.25) is 0 Å². The van der Waals surface area contributed by atoms with Crippen LogP contribution in [0.25, 0.3) is 0 Å². The van der Waals surface area contributed by atoms with Crippen LogP contribution in [0, 0.1) is 0 Å². The molecule has 0 aliphatic heterocycles. The molecule has 98 valence electrons. The van der Waals surface area contributed by atoms with Gasteiger partial charge in [0, 0.05) is 24.5 Å². The van der Waals surface area contributed by atoms with Crippen LogP contribution >= 0.6 is 11.3 Å². The molecule has 3 heteroatoms. The van der Waals surface area contributed by atoms with E-state index in [0.29, 0.717) is 0 Å². The van der Waals surface area contributed by atoms with Gasteiger partial charge in [-0.25, -0.2) is 0 Å². The Balaban J connectivity index is 1.89. The summed E-state index contributed by atoms with van der Waals surface area (Å²) in [6.07, 6.45) is 5.17. The van der Waals surface area contributed by atoms with E-state index in [4.69, 9.17) is 0 Å². The number of hydrogen-bond acceptors (Lipinski definition) is 3. The van der Waals surface area contributed by atoms with Crippen molar-refractivity contribution in [2.45, 2.75) is 32.6 Å². The maximum atomic E-state index is 3.51. The SMILES string of the molecule is CCCCCN(C)CCNCCc1cccs1. The molecule has 0 unspecified atom stereocenters. The van der Waals surface area contributed by atoms with Gasteiger partial charge in [-0.2, -0.15) is 0 Å². The zero-order valence-electron chi connectivity index (χ0n) is 11.2. The fourth-order valence-corrected chi connectivity index (χ4v) is 2.51. The molecule has 0 radical (unpaired) electrons. The van der Waals surface area contributed by atoms with Crippen molar-refractivity contribution >= 4 is 11.3 Å². The predicted octanol–water partition coefficient (Wildman–Crippen LogP) is 3.00. The van der Waals surface area contributed by atoms with Crippen molar-refractivity contribution in [3.63, 3.8) is 0 Å². The summed E-state index contributed by atoms with van der Waals surface area (Å²) in [5.41, 5.74) is 0. The van der Waals surface area contributed by atoms with Crippen LogP contribution < -0.4 is 5.32 Å². The largest absolute Gasteiger partial charge is 0.315 e. The molecule has 17 heavy (non-hydrogen) atoms. The summed E-state index contributed by atoms with van der Waals surface area (Å²) in [6, 6.07) is 4.34. The minimum absolute atomic E-state index is 1.10. The van der Waals surface area contributed by atoms with Crippen molar-refractivity contribution in [1.29, 1.82) is 0 Å². The molecule has 1 rings (SSSR count). The Hall–Kier alpha value is -0.380. The monoisotopic (exact) mass is 254 g/mol. The molecule has 0 fully saturated rings. The molecule has 0 saturated heterocycles. The fourth-order valence-electron chi connectivity index (χ4n) is 1.80. The van der Waals surface area contributed by atoms with E-state index in [1.807, 2.05) is 11.3 Å². The van der Waals surface area contributed by atoms with Crippen LogP contribution in [0.3, 0.4) is 0 Å². The molecular weight excluding hydrogens is 228 g/mol. The summed E-state index contributed by atoms with van der Waals surface area (Å²) < 4.78 is 0. The Morgan fingerprint density at radius 3 is 2.82 bits per heavy atom. The Labute approximate surface area is 110 Å². The van der Waals surface area contributed by atoms with Crippen LogP contribution in [-0.2, 0) is 6.42 Å². The van der Waals surface area contributed by atoms with Gasteiger partial charge in [-0.05, 0) is 37.9 Å². The van der Waals surface area contributed by atoms with E-state index in [2.05, 4.69) is 41.7 Å². The van der Waals surface area contributed by atoms with Crippen LogP contribution in [-0.4, -0.2) is 38.1 Å². The van der Waals surface area contributed by atoms with Crippen molar-refractivity contribution in [2.75, 3.05) is 33.2 Å². The van der Waals surface area contributed by atoms with Gasteiger partial charge in [-0.3, -0.25) is 0 Å². The number of hydrogen-bond donors (Lipinski definition) is 1. The molecule has 1 heterocycles. The molecule has 0 aliphatic rings. The lowest BCUT2D eigenvalue weighted by atomic mass is 10.2. The summed E-state index contributed by atoms with van der Waals surface area (Å²) in [5.74, 6) is 0. The molecule has 1 aromatic rings. The minimum atomic E-state index is 1.10. The second-order valence-corrected chi connectivity index (χ2v) is 5.62. The second kappa shape index (κ2) is 9.63. The quantitative estimate of drug-likeness (QED) is 0.646. The summed E-state index contributed by atoms with van der Waals surface area (Å²) in [5, 5.41) is 5.66. The Morgan fingerprint density at radius 2 is 2.12 bits per heavy atom. The summed E-state index contributed by atoms with van der Waals surface area (Å²) in [6.45, 7) is 6.86. The standard InChI is InChI=1S/C14H26N2S/c1-3-4-5-11-16(2)12-10-15-9-8-14-7-6-13-17-14/h6-7,13,15H,3-5,8-12H2,1-2H3.